The van der Waals surface area contributed by atoms with Gasteiger partial charge in [0.1, 0.15) is 0 Å². The molecule has 1 heteroatoms. The van der Waals surface area contributed by atoms with E-state index in [2.05, 4.69) is 26.2 Å². The van der Waals surface area contributed by atoms with Crippen molar-refractivity contribution in [2.45, 2.75) is 77.7 Å². The smallest absolute Gasteiger partial charge is 0.00693 e. The predicted molar refractivity (Wildman–Crippen MR) is 72.7 cm³/mol. The maximum atomic E-state index is 3.54. The van der Waals surface area contributed by atoms with Gasteiger partial charge in [-0.05, 0) is 31.7 Å². The Morgan fingerprint density at radius 1 is 1.25 bits per heavy atom. The van der Waals surface area contributed by atoms with Gasteiger partial charge in [-0.25, -0.2) is 0 Å². The lowest BCUT2D eigenvalue weighted by Crippen LogP contribution is -2.32. The summed E-state index contributed by atoms with van der Waals surface area (Å²) >= 11 is 0. The Morgan fingerprint density at radius 2 is 2.00 bits per heavy atom. The molecule has 1 aliphatic carbocycles. The van der Waals surface area contributed by atoms with E-state index in [4.69, 9.17) is 0 Å². The molecule has 1 saturated carbocycles. The molecule has 2 unspecified atom stereocenters. The molecule has 1 fully saturated rings. The standard InChI is InChI=1S/C15H31N/c1-4-6-8-13(5-2)11-15(16-3)12-14-9-7-10-14/h13-16H,4-12H2,1-3H3. The minimum Gasteiger partial charge on any atom is -0.317 e. The molecule has 1 rings (SSSR count). The minimum atomic E-state index is 0.784. The normalized spacial score (nSPS) is 20.4. The summed E-state index contributed by atoms with van der Waals surface area (Å²) in [7, 11) is 2.15. The highest BCUT2D eigenvalue weighted by molar-refractivity contribution is 4.78. The van der Waals surface area contributed by atoms with Gasteiger partial charge in [0.25, 0.3) is 0 Å². The van der Waals surface area contributed by atoms with Crippen LogP contribution in [-0.2, 0) is 0 Å². The Balaban J connectivity index is 2.22. The summed E-state index contributed by atoms with van der Waals surface area (Å²) in [6, 6.07) is 0.784. The SMILES string of the molecule is CCCCC(CC)CC(CC1CCC1)NC. The van der Waals surface area contributed by atoms with Gasteiger partial charge in [-0.1, -0.05) is 58.8 Å². The molecular weight excluding hydrogens is 194 g/mol. The van der Waals surface area contributed by atoms with Crippen molar-refractivity contribution in [3.05, 3.63) is 0 Å². The monoisotopic (exact) mass is 225 g/mol. The molecule has 1 nitrogen and oxygen atoms in total. The third kappa shape index (κ3) is 4.86. The summed E-state index contributed by atoms with van der Waals surface area (Å²) in [5.74, 6) is 2.00. The summed E-state index contributed by atoms with van der Waals surface area (Å²) in [4.78, 5) is 0. The van der Waals surface area contributed by atoms with Crippen LogP contribution in [0.1, 0.15) is 71.6 Å². The quantitative estimate of drug-likeness (QED) is 0.614. The van der Waals surface area contributed by atoms with E-state index in [1.807, 2.05) is 0 Å². The van der Waals surface area contributed by atoms with Crippen LogP contribution in [0, 0.1) is 11.8 Å². The number of rotatable bonds is 9. The third-order valence-corrected chi connectivity index (χ3v) is 4.41. The number of unbranched alkanes of at least 4 members (excludes halogenated alkanes) is 1. The molecule has 0 saturated heterocycles. The molecule has 0 amide bonds. The molecule has 0 aliphatic heterocycles. The molecule has 96 valence electrons. The van der Waals surface area contributed by atoms with Crippen LogP contribution in [0.2, 0.25) is 0 Å². The van der Waals surface area contributed by atoms with E-state index in [1.54, 1.807) is 0 Å². The Bertz CT molecular complexity index is 163. The van der Waals surface area contributed by atoms with Crippen LogP contribution in [0.5, 0.6) is 0 Å². The van der Waals surface area contributed by atoms with Crippen molar-refractivity contribution in [1.82, 2.24) is 5.32 Å². The molecule has 0 bridgehead atoms. The first kappa shape index (κ1) is 14.0. The van der Waals surface area contributed by atoms with Crippen molar-refractivity contribution >= 4 is 0 Å². The second-order valence-electron chi connectivity index (χ2n) is 5.67. The fourth-order valence-electron chi connectivity index (χ4n) is 2.85. The van der Waals surface area contributed by atoms with Crippen LogP contribution >= 0.6 is 0 Å². The number of nitrogens with one attached hydrogen (secondary N) is 1. The predicted octanol–water partition coefficient (Wildman–Crippen LogP) is 4.37. The molecule has 0 heterocycles. The highest BCUT2D eigenvalue weighted by Crippen LogP contribution is 2.32. The van der Waals surface area contributed by atoms with Crippen molar-refractivity contribution in [3.8, 4) is 0 Å². The van der Waals surface area contributed by atoms with Crippen molar-refractivity contribution in [1.29, 1.82) is 0 Å². The van der Waals surface area contributed by atoms with Gasteiger partial charge in [-0.15, -0.1) is 0 Å². The van der Waals surface area contributed by atoms with Gasteiger partial charge in [0.15, 0.2) is 0 Å². The molecule has 0 radical (unpaired) electrons. The Kier molecular flexibility index (Phi) is 7.11. The van der Waals surface area contributed by atoms with E-state index >= 15 is 0 Å². The molecule has 0 aromatic rings. The Morgan fingerprint density at radius 3 is 2.44 bits per heavy atom. The summed E-state index contributed by atoms with van der Waals surface area (Å²) in [5, 5.41) is 3.54. The van der Waals surface area contributed by atoms with E-state index in [1.165, 1.54) is 57.8 Å². The summed E-state index contributed by atoms with van der Waals surface area (Å²) in [5.41, 5.74) is 0. The summed E-state index contributed by atoms with van der Waals surface area (Å²) in [6.07, 6.45) is 12.9. The minimum absolute atomic E-state index is 0.784. The molecule has 0 spiro atoms. The van der Waals surface area contributed by atoms with Crippen LogP contribution in [0.3, 0.4) is 0 Å². The fraction of sp³-hybridized carbons (Fsp3) is 1.00. The molecule has 0 aromatic carbocycles. The van der Waals surface area contributed by atoms with Crippen molar-refractivity contribution in [2.75, 3.05) is 7.05 Å². The highest BCUT2D eigenvalue weighted by Gasteiger charge is 2.22. The van der Waals surface area contributed by atoms with Gasteiger partial charge in [0, 0.05) is 6.04 Å². The van der Waals surface area contributed by atoms with Crippen LogP contribution < -0.4 is 5.32 Å². The van der Waals surface area contributed by atoms with Crippen LogP contribution in [0.4, 0.5) is 0 Å². The van der Waals surface area contributed by atoms with Gasteiger partial charge in [-0.2, -0.15) is 0 Å². The molecule has 16 heavy (non-hydrogen) atoms. The molecular formula is C15H31N. The summed E-state index contributed by atoms with van der Waals surface area (Å²) < 4.78 is 0. The van der Waals surface area contributed by atoms with E-state index in [9.17, 15) is 0 Å². The van der Waals surface area contributed by atoms with Crippen LogP contribution in [0.25, 0.3) is 0 Å². The average Bonchev–Trinajstić information content (AvgIpc) is 2.26. The lowest BCUT2D eigenvalue weighted by atomic mass is 9.78. The van der Waals surface area contributed by atoms with Crippen molar-refractivity contribution in [2.24, 2.45) is 11.8 Å². The van der Waals surface area contributed by atoms with Crippen LogP contribution in [-0.4, -0.2) is 13.1 Å². The van der Waals surface area contributed by atoms with Crippen molar-refractivity contribution < 1.29 is 0 Å². The first-order valence-corrected chi connectivity index (χ1v) is 7.47. The zero-order valence-corrected chi connectivity index (χ0v) is 11.6. The van der Waals surface area contributed by atoms with Gasteiger partial charge >= 0.3 is 0 Å². The largest absolute Gasteiger partial charge is 0.317 e. The van der Waals surface area contributed by atoms with Gasteiger partial charge in [0.2, 0.25) is 0 Å². The van der Waals surface area contributed by atoms with E-state index in [0.29, 0.717) is 0 Å². The van der Waals surface area contributed by atoms with Crippen molar-refractivity contribution in [3.63, 3.8) is 0 Å². The zero-order chi connectivity index (χ0) is 11.8. The third-order valence-electron chi connectivity index (χ3n) is 4.41. The lowest BCUT2D eigenvalue weighted by molar-refractivity contribution is 0.240. The van der Waals surface area contributed by atoms with Crippen LogP contribution in [0.15, 0.2) is 0 Å². The van der Waals surface area contributed by atoms with Gasteiger partial charge in [0.05, 0.1) is 0 Å². The van der Waals surface area contributed by atoms with Gasteiger partial charge in [-0.3, -0.25) is 0 Å². The summed E-state index contributed by atoms with van der Waals surface area (Å²) in [6.45, 7) is 4.66. The maximum Gasteiger partial charge on any atom is 0.00693 e. The van der Waals surface area contributed by atoms with Gasteiger partial charge < -0.3 is 5.32 Å². The lowest BCUT2D eigenvalue weighted by Gasteiger charge is -2.31. The molecule has 1 aliphatic rings. The molecule has 2 atom stereocenters. The number of hydrogen-bond acceptors (Lipinski definition) is 1. The molecule has 1 N–H and O–H groups in total. The Hall–Kier alpha value is -0.0400. The zero-order valence-electron chi connectivity index (χ0n) is 11.6. The maximum absolute atomic E-state index is 3.54. The average molecular weight is 225 g/mol. The second kappa shape index (κ2) is 8.11. The fourth-order valence-corrected chi connectivity index (χ4v) is 2.85. The highest BCUT2D eigenvalue weighted by atomic mass is 14.9. The first-order valence-electron chi connectivity index (χ1n) is 7.47. The molecule has 0 aromatic heterocycles. The van der Waals surface area contributed by atoms with E-state index < -0.39 is 0 Å². The number of hydrogen-bond donors (Lipinski definition) is 1. The van der Waals surface area contributed by atoms with E-state index in [-0.39, 0.29) is 0 Å². The first-order chi connectivity index (χ1) is 7.80. The van der Waals surface area contributed by atoms with E-state index in [0.717, 1.165) is 17.9 Å². The second-order valence-corrected chi connectivity index (χ2v) is 5.67. The topological polar surface area (TPSA) is 12.0 Å². The Labute approximate surface area is 102 Å².